The van der Waals surface area contributed by atoms with Gasteiger partial charge in [0.2, 0.25) is 17.7 Å². The Morgan fingerprint density at radius 3 is 2.12 bits per heavy atom. The molecule has 1 fully saturated rings. The SMILES string of the molecule is CCC(C)C(N)C(=O)NC(C(=O)NC(CCC(=O)O)C(=O)N1CCCC1C(=O)O)C(C)CC. The molecule has 0 aliphatic carbocycles. The van der Waals surface area contributed by atoms with Crippen LogP contribution in [-0.2, 0) is 24.0 Å². The molecular weight excluding hydrogens is 432 g/mol. The summed E-state index contributed by atoms with van der Waals surface area (Å²) in [6.07, 6.45) is 1.44. The van der Waals surface area contributed by atoms with Crippen molar-refractivity contribution in [3.63, 3.8) is 0 Å². The topological polar surface area (TPSA) is 179 Å². The molecule has 0 aromatic rings. The van der Waals surface area contributed by atoms with E-state index < -0.39 is 53.8 Å². The molecular formula is C22H38N4O7. The standard InChI is InChI=1S/C22H38N4O7/c1-5-12(3)17(23)19(29)25-18(13(4)6-2)20(30)24-14(9-10-16(27)28)21(31)26-11-7-8-15(26)22(32)33/h12-15,17-18H,5-11,23H2,1-4H3,(H,24,30)(H,25,29)(H,27,28)(H,32,33). The van der Waals surface area contributed by atoms with Gasteiger partial charge in [0, 0.05) is 13.0 Å². The maximum atomic E-state index is 13.1. The van der Waals surface area contributed by atoms with Gasteiger partial charge >= 0.3 is 11.9 Å². The van der Waals surface area contributed by atoms with Crippen molar-refractivity contribution >= 4 is 29.7 Å². The van der Waals surface area contributed by atoms with Crippen LogP contribution in [0.4, 0.5) is 0 Å². The molecule has 3 amide bonds. The highest BCUT2D eigenvalue weighted by atomic mass is 16.4. The second kappa shape index (κ2) is 13.1. The summed E-state index contributed by atoms with van der Waals surface area (Å²) in [6, 6.07) is -4.02. The molecule has 6 unspecified atom stereocenters. The zero-order valence-corrected chi connectivity index (χ0v) is 19.9. The van der Waals surface area contributed by atoms with E-state index in [-0.39, 0.29) is 31.2 Å². The van der Waals surface area contributed by atoms with Gasteiger partial charge in [0.15, 0.2) is 0 Å². The summed E-state index contributed by atoms with van der Waals surface area (Å²) in [5.74, 6) is -4.43. The van der Waals surface area contributed by atoms with Gasteiger partial charge in [-0.15, -0.1) is 0 Å². The van der Waals surface area contributed by atoms with Gasteiger partial charge in [-0.3, -0.25) is 19.2 Å². The molecule has 11 nitrogen and oxygen atoms in total. The Labute approximate surface area is 194 Å². The van der Waals surface area contributed by atoms with E-state index in [0.717, 1.165) is 0 Å². The molecule has 6 N–H and O–H groups in total. The molecule has 6 atom stereocenters. The fourth-order valence-electron chi connectivity index (χ4n) is 3.74. The molecule has 1 aliphatic heterocycles. The highest BCUT2D eigenvalue weighted by Gasteiger charge is 2.39. The Bertz CT molecular complexity index is 730. The Kier molecular flexibility index (Phi) is 11.3. The van der Waals surface area contributed by atoms with E-state index in [9.17, 15) is 29.1 Å². The van der Waals surface area contributed by atoms with Gasteiger partial charge in [-0.2, -0.15) is 0 Å². The van der Waals surface area contributed by atoms with Gasteiger partial charge in [0.1, 0.15) is 18.1 Å². The van der Waals surface area contributed by atoms with E-state index in [0.29, 0.717) is 25.7 Å². The molecule has 11 heteroatoms. The van der Waals surface area contributed by atoms with Crippen molar-refractivity contribution in [3.05, 3.63) is 0 Å². The Hall–Kier alpha value is -2.69. The van der Waals surface area contributed by atoms with Crippen LogP contribution >= 0.6 is 0 Å². The lowest BCUT2D eigenvalue weighted by Crippen LogP contribution is -2.59. The van der Waals surface area contributed by atoms with Gasteiger partial charge in [-0.1, -0.05) is 40.5 Å². The number of nitrogens with zero attached hydrogens (tertiary/aromatic N) is 1. The summed E-state index contributed by atoms with van der Waals surface area (Å²) in [7, 11) is 0. The fraction of sp³-hybridized carbons (Fsp3) is 0.773. The van der Waals surface area contributed by atoms with Gasteiger partial charge in [0.25, 0.3) is 0 Å². The quantitative estimate of drug-likeness (QED) is 0.255. The summed E-state index contributed by atoms with van der Waals surface area (Å²) in [4.78, 5) is 62.6. The van der Waals surface area contributed by atoms with Gasteiger partial charge in [-0.05, 0) is 31.1 Å². The summed E-state index contributed by atoms with van der Waals surface area (Å²) in [6.45, 7) is 7.56. The highest BCUT2D eigenvalue weighted by molar-refractivity contribution is 5.94. The summed E-state index contributed by atoms with van der Waals surface area (Å²) < 4.78 is 0. The second-order valence-corrected chi connectivity index (χ2v) is 8.80. The highest BCUT2D eigenvalue weighted by Crippen LogP contribution is 2.20. The van der Waals surface area contributed by atoms with Crippen molar-refractivity contribution in [3.8, 4) is 0 Å². The van der Waals surface area contributed by atoms with Crippen LogP contribution in [0.3, 0.4) is 0 Å². The number of hydrogen-bond donors (Lipinski definition) is 5. The maximum absolute atomic E-state index is 13.1. The van der Waals surface area contributed by atoms with Crippen molar-refractivity contribution in [1.29, 1.82) is 0 Å². The zero-order valence-electron chi connectivity index (χ0n) is 19.9. The average Bonchev–Trinajstić information content (AvgIpc) is 3.27. The van der Waals surface area contributed by atoms with E-state index in [4.69, 9.17) is 10.8 Å². The maximum Gasteiger partial charge on any atom is 0.326 e. The smallest absolute Gasteiger partial charge is 0.326 e. The second-order valence-electron chi connectivity index (χ2n) is 8.80. The van der Waals surface area contributed by atoms with Crippen LogP contribution in [0.5, 0.6) is 0 Å². The minimum atomic E-state index is -1.22. The molecule has 0 aromatic carbocycles. The third-order valence-corrected chi connectivity index (χ3v) is 6.44. The van der Waals surface area contributed by atoms with E-state index >= 15 is 0 Å². The molecule has 0 spiro atoms. The molecule has 188 valence electrons. The predicted molar refractivity (Wildman–Crippen MR) is 120 cm³/mol. The Morgan fingerprint density at radius 1 is 1.00 bits per heavy atom. The molecule has 1 saturated heterocycles. The third kappa shape index (κ3) is 7.99. The van der Waals surface area contributed by atoms with E-state index in [1.165, 1.54) is 4.90 Å². The number of hydrogen-bond acceptors (Lipinski definition) is 6. The number of carbonyl (C=O) groups excluding carboxylic acids is 3. The number of aliphatic carboxylic acids is 2. The third-order valence-electron chi connectivity index (χ3n) is 6.44. The van der Waals surface area contributed by atoms with Crippen molar-refractivity contribution < 1.29 is 34.2 Å². The molecule has 0 saturated carbocycles. The number of carboxylic acid groups (broad SMARTS) is 2. The Morgan fingerprint density at radius 2 is 1.61 bits per heavy atom. The predicted octanol–water partition coefficient (Wildman–Crippen LogP) is 0.316. The number of nitrogens with one attached hydrogen (secondary N) is 2. The first kappa shape index (κ1) is 28.3. The first-order valence-electron chi connectivity index (χ1n) is 11.6. The number of likely N-dealkylation sites (tertiary alicyclic amines) is 1. The molecule has 0 bridgehead atoms. The van der Waals surface area contributed by atoms with Gasteiger partial charge in [-0.25, -0.2) is 4.79 Å². The van der Waals surface area contributed by atoms with Crippen molar-refractivity contribution in [2.24, 2.45) is 17.6 Å². The number of carbonyl (C=O) groups is 5. The molecule has 33 heavy (non-hydrogen) atoms. The zero-order chi connectivity index (χ0) is 25.3. The molecule has 1 rings (SSSR count). The van der Waals surface area contributed by atoms with Crippen LogP contribution in [0.25, 0.3) is 0 Å². The average molecular weight is 471 g/mol. The number of carboxylic acids is 2. The van der Waals surface area contributed by atoms with Crippen LogP contribution in [0.15, 0.2) is 0 Å². The Balaban J connectivity index is 3.07. The minimum absolute atomic E-state index is 0.0985. The number of amides is 3. The lowest BCUT2D eigenvalue weighted by atomic mass is 9.95. The van der Waals surface area contributed by atoms with Gasteiger partial charge < -0.3 is 31.5 Å². The van der Waals surface area contributed by atoms with Crippen molar-refractivity contribution in [1.82, 2.24) is 15.5 Å². The number of nitrogens with two attached hydrogens (primary N) is 1. The lowest BCUT2D eigenvalue weighted by Gasteiger charge is -2.30. The summed E-state index contributed by atoms with van der Waals surface area (Å²) in [5, 5.41) is 23.7. The molecule has 1 heterocycles. The normalized spacial score (nSPS) is 20.3. The van der Waals surface area contributed by atoms with Gasteiger partial charge in [0.05, 0.1) is 6.04 Å². The molecule has 0 aromatic heterocycles. The van der Waals surface area contributed by atoms with Crippen LogP contribution in [0.1, 0.15) is 66.2 Å². The summed E-state index contributed by atoms with van der Waals surface area (Å²) >= 11 is 0. The summed E-state index contributed by atoms with van der Waals surface area (Å²) in [5.41, 5.74) is 5.99. The monoisotopic (exact) mass is 470 g/mol. The van der Waals surface area contributed by atoms with Crippen LogP contribution in [0, 0.1) is 11.8 Å². The minimum Gasteiger partial charge on any atom is -0.481 e. The van der Waals surface area contributed by atoms with Crippen LogP contribution in [0.2, 0.25) is 0 Å². The molecule has 0 radical (unpaired) electrons. The van der Waals surface area contributed by atoms with Crippen LogP contribution < -0.4 is 16.4 Å². The van der Waals surface area contributed by atoms with E-state index in [2.05, 4.69) is 10.6 Å². The fourth-order valence-corrected chi connectivity index (χ4v) is 3.74. The van der Waals surface area contributed by atoms with Crippen molar-refractivity contribution in [2.45, 2.75) is 90.4 Å². The van der Waals surface area contributed by atoms with Crippen molar-refractivity contribution in [2.75, 3.05) is 6.54 Å². The largest absolute Gasteiger partial charge is 0.481 e. The first-order chi connectivity index (χ1) is 15.4. The van der Waals surface area contributed by atoms with E-state index in [1.807, 2.05) is 20.8 Å². The molecule has 1 aliphatic rings. The lowest BCUT2D eigenvalue weighted by molar-refractivity contribution is -0.150. The number of rotatable bonds is 13. The van der Waals surface area contributed by atoms with Crippen LogP contribution in [-0.4, -0.2) is 75.5 Å². The first-order valence-corrected chi connectivity index (χ1v) is 11.6. The van der Waals surface area contributed by atoms with E-state index in [1.54, 1.807) is 6.92 Å².